The first-order valence-corrected chi connectivity index (χ1v) is 6.00. The molecular weight excluding hydrogens is 220 g/mol. The predicted molar refractivity (Wildman–Crippen MR) is 66.1 cm³/mol. The molecule has 0 spiro atoms. The molecule has 1 aromatic heterocycles. The molecule has 0 fully saturated rings. The molecule has 0 aliphatic heterocycles. The molecule has 82 valence electrons. The maximum atomic E-state index is 10.7. The average Bonchev–Trinajstić information content (AvgIpc) is 2.77. The summed E-state index contributed by atoms with van der Waals surface area (Å²) in [4.78, 5) is 12.1. The molecule has 0 aliphatic carbocycles. The molecule has 16 heavy (non-hydrogen) atoms. The first kappa shape index (κ1) is 10.9. The highest BCUT2D eigenvalue weighted by Gasteiger charge is 2.06. The molecule has 3 heteroatoms. The molecule has 0 unspecified atom stereocenters. The van der Waals surface area contributed by atoms with Crippen molar-refractivity contribution in [3.63, 3.8) is 0 Å². The van der Waals surface area contributed by atoms with Gasteiger partial charge >= 0.3 is 5.97 Å². The maximum Gasteiger partial charge on any atom is 0.335 e. The molecule has 0 amide bonds. The number of hydrogen-bond acceptors (Lipinski definition) is 2. The number of hydrogen-bond donors (Lipinski definition) is 1. The maximum absolute atomic E-state index is 10.7. The van der Waals surface area contributed by atoms with Gasteiger partial charge in [0.1, 0.15) is 0 Å². The van der Waals surface area contributed by atoms with Gasteiger partial charge in [-0.3, -0.25) is 0 Å². The fourth-order valence-electron chi connectivity index (χ4n) is 1.66. The van der Waals surface area contributed by atoms with Gasteiger partial charge in [-0.25, -0.2) is 4.79 Å². The van der Waals surface area contributed by atoms with Crippen LogP contribution in [0.15, 0.2) is 35.7 Å². The van der Waals surface area contributed by atoms with Crippen LogP contribution in [0.4, 0.5) is 0 Å². The average molecular weight is 232 g/mol. The van der Waals surface area contributed by atoms with Crippen LogP contribution in [0.25, 0.3) is 11.1 Å². The van der Waals surface area contributed by atoms with Crippen molar-refractivity contribution in [1.82, 2.24) is 0 Å². The Morgan fingerprint density at radius 2 is 1.94 bits per heavy atom. The normalized spacial score (nSPS) is 10.3. The number of carboxylic acid groups (broad SMARTS) is 1. The van der Waals surface area contributed by atoms with Gasteiger partial charge in [-0.15, -0.1) is 11.3 Å². The molecule has 0 saturated carbocycles. The van der Waals surface area contributed by atoms with E-state index in [0.29, 0.717) is 5.56 Å². The van der Waals surface area contributed by atoms with E-state index < -0.39 is 5.97 Å². The summed E-state index contributed by atoms with van der Waals surface area (Å²) < 4.78 is 0. The van der Waals surface area contributed by atoms with E-state index in [1.54, 1.807) is 23.5 Å². The van der Waals surface area contributed by atoms with E-state index in [1.165, 1.54) is 10.4 Å². The highest BCUT2D eigenvalue weighted by molar-refractivity contribution is 7.10. The lowest BCUT2D eigenvalue weighted by molar-refractivity contribution is 0.0697. The van der Waals surface area contributed by atoms with Gasteiger partial charge in [0.05, 0.1) is 5.56 Å². The Morgan fingerprint density at radius 3 is 2.50 bits per heavy atom. The summed E-state index contributed by atoms with van der Waals surface area (Å²) in [5.74, 6) is -0.882. The third-order valence-electron chi connectivity index (χ3n) is 2.51. The van der Waals surface area contributed by atoms with E-state index in [1.807, 2.05) is 12.1 Å². The van der Waals surface area contributed by atoms with Crippen molar-refractivity contribution in [2.75, 3.05) is 0 Å². The molecule has 0 radical (unpaired) electrons. The van der Waals surface area contributed by atoms with E-state index in [-0.39, 0.29) is 0 Å². The Morgan fingerprint density at radius 1 is 1.25 bits per heavy atom. The molecule has 0 bridgehead atoms. The lowest BCUT2D eigenvalue weighted by Gasteiger charge is -2.02. The first-order chi connectivity index (χ1) is 7.72. The first-order valence-electron chi connectivity index (χ1n) is 5.12. The Bertz CT molecular complexity index is 497. The van der Waals surface area contributed by atoms with Gasteiger partial charge < -0.3 is 5.11 Å². The zero-order valence-electron chi connectivity index (χ0n) is 8.93. The Kier molecular flexibility index (Phi) is 3.06. The smallest absolute Gasteiger partial charge is 0.335 e. The van der Waals surface area contributed by atoms with Crippen LogP contribution in [0.1, 0.15) is 22.2 Å². The van der Waals surface area contributed by atoms with Gasteiger partial charge in [0.15, 0.2) is 0 Å². The Hall–Kier alpha value is -1.61. The van der Waals surface area contributed by atoms with Crippen molar-refractivity contribution in [3.8, 4) is 11.1 Å². The summed E-state index contributed by atoms with van der Waals surface area (Å²) in [7, 11) is 0. The van der Waals surface area contributed by atoms with Gasteiger partial charge in [-0.05, 0) is 41.1 Å². The van der Waals surface area contributed by atoms with Crippen LogP contribution in [0, 0.1) is 0 Å². The number of aryl methyl sites for hydroxylation is 1. The summed E-state index contributed by atoms with van der Waals surface area (Å²) >= 11 is 1.74. The van der Waals surface area contributed by atoms with Crippen molar-refractivity contribution < 1.29 is 9.90 Å². The van der Waals surface area contributed by atoms with Crippen molar-refractivity contribution in [1.29, 1.82) is 0 Å². The number of carbonyl (C=O) groups is 1. The summed E-state index contributed by atoms with van der Waals surface area (Å²) in [6.45, 7) is 2.13. The lowest BCUT2D eigenvalue weighted by atomic mass is 10.0. The molecule has 1 aromatic carbocycles. The Labute approximate surface area is 98.2 Å². The van der Waals surface area contributed by atoms with E-state index in [4.69, 9.17) is 5.11 Å². The van der Waals surface area contributed by atoms with Gasteiger partial charge in [0.25, 0.3) is 0 Å². The number of thiophene rings is 1. The number of benzene rings is 1. The third-order valence-corrected chi connectivity index (χ3v) is 3.57. The zero-order valence-corrected chi connectivity index (χ0v) is 9.75. The third kappa shape index (κ3) is 1.99. The molecule has 1 N–H and O–H groups in total. The monoisotopic (exact) mass is 232 g/mol. The van der Waals surface area contributed by atoms with Crippen molar-refractivity contribution in [2.24, 2.45) is 0 Å². The minimum atomic E-state index is -0.882. The number of rotatable bonds is 3. The predicted octanol–water partition coefficient (Wildman–Crippen LogP) is 3.68. The van der Waals surface area contributed by atoms with Crippen LogP contribution in [0.5, 0.6) is 0 Å². The highest BCUT2D eigenvalue weighted by atomic mass is 32.1. The quantitative estimate of drug-likeness (QED) is 0.876. The second-order valence-corrected chi connectivity index (χ2v) is 4.49. The van der Waals surface area contributed by atoms with Crippen LogP contribution in [0.3, 0.4) is 0 Å². The Balaban J connectivity index is 2.38. The van der Waals surface area contributed by atoms with Gasteiger partial charge in [-0.2, -0.15) is 0 Å². The van der Waals surface area contributed by atoms with Crippen LogP contribution < -0.4 is 0 Å². The molecule has 2 aromatic rings. The summed E-state index contributed by atoms with van der Waals surface area (Å²) in [6.07, 6.45) is 1.01. The zero-order chi connectivity index (χ0) is 11.5. The van der Waals surface area contributed by atoms with E-state index in [9.17, 15) is 4.79 Å². The lowest BCUT2D eigenvalue weighted by Crippen LogP contribution is -1.95. The SMILES string of the molecule is CCc1sccc1-c1ccc(C(=O)O)cc1. The standard InChI is InChI=1S/C13H12O2S/c1-2-12-11(7-8-16-12)9-3-5-10(6-4-9)13(14)15/h3-8H,2H2,1H3,(H,14,15). The van der Waals surface area contributed by atoms with Gasteiger partial charge in [0, 0.05) is 4.88 Å². The van der Waals surface area contributed by atoms with E-state index >= 15 is 0 Å². The number of carboxylic acids is 1. The van der Waals surface area contributed by atoms with E-state index in [0.717, 1.165) is 12.0 Å². The van der Waals surface area contributed by atoms with Crippen molar-refractivity contribution >= 4 is 17.3 Å². The van der Waals surface area contributed by atoms with Crippen LogP contribution in [-0.4, -0.2) is 11.1 Å². The van der Waals surface area contributed by atoms with Crippen LogP contribution >= 0.6 is 11.3 Å². The molecule has 0 saturated heterocycles. The van der Waals surface area contributed by atoms with Crippen LogP contribution in [-0.2, 0) is 6.42 Å². The van der Waals surface area contributed by atoms with Crippen molar-refractivity contribution in [3.05, 3.63) is 46.2 Å². The fraction of sp³-hybridized carbons (Fsp3) is 0.154. The summed E-state index contributed by atoms with van der Waals surface area (Å²) in [5.41, 5.74) is 2.63. The molecule has 2 rings (SSSR count). The van der Waals surface area contributed by atoms with Gasteiger partial charge in [-0.1, -0.05) is 19.1 Å². The minimum Gasteiger partial charge on any atom is -0.478 e. The molecule has 2 nitrogen and oxygen atoms in total. The fourth-order valence-corrected chi connectivity index (χ4v) is 2.51. The second kappa shape index (κ2) is 4.49. The largest absolute Gasteiger partial charge is 0.478 e. The highest BCUT2D eigenvalue weighted by Crippen LogP contribution is 2.28. The molecule has 0 atom stereocenters. The topological polar surface area (TPSA) is 37.3 Å². The summed E-state index contributed by atoms with van der Waals surface area (Å²) in [6, 6.07) is 9.11. The summed E-state index contributed by atoms with van der Waals surface area (Å²) in [5, 5.41) is 10.9. The van der Waals surface area contributed by atoms with Crippen LogP contribution in [0.2, 0.25) is 0 Å². The molecule has 0 aliphatic rings. The minimum absolute atomic E-state index is 0.331. The van der Waals surface area contributed by atoms with E-state index in [2.05, 4.69) is 18.4 Å². The number of aromatic carboxylic acids is 1. The molecular formula is C13H12O2S. The molecule has 1 heterocycles. The second-order valence-electron chi connectivity index (χ2n) is 3.49. The van der Waals surface area contributed by atoms with Crippen molar-refractivity contribution in [2.45, 2.75) is 13.3 Å². The van der Waals surface area contributed by atoms with Gasteiger partial charge in [0.2, 0.25) is 0 Å².